The molecule has 0 aliphatic carbocycles. The lowest BCUT2D eigenvalue weighted by molar-refractivity contribution is -0.125. The largest absolute Gasteiger partial charge is 0.493 e. The maximum Gasteiger partial charge on any atom is 0.339 e. The number of fused-ring (bicyclic) bond motifs is 1. The van der Waals surface area contributed by atoms with Gasteiger partial charge in [0.05, 0.1) is 31.0 Å². The van der Waals surface area contributed by atoms with Crippen LogP contribution in [0.3, 0.4) is 0 Å². The second kappa shape index (κ2) is 7.96. The lowest BCUT2D eigenvalue weighted by Crippen LogP contribution is -2.30. The van der Waals surface area contributed by atoms with Gasteiger partial charge in [-0.05, 0) is 37.3 Å². The van der Waals surface area contributed by atoms with Gasteiger partial charge in [0.15, 0.2) is 17.6 Å². The molecule has 7 nitrogen and oxygen atoms in total. The SMILES string of the molecule is COc1ccc(-c2cc(C(=O)O[C@@H](C)C(N)=O)c3ccccc3n2)cc1OC. The van der Waals surface area contributed by atoms with Crippen molar-refractivity contribution < 1.29 is 23.8 Å². The van der Waals surface area contributed by atoms with Crippen molar-refractivity contribution in [2.24, 2.45) is 5.73 Å². The average molecular weight is 380 g/mol. The van der Waals surface area contributed by atoms with Gasteiger partial charge in [-0.3, -0.25) is 4.79 Å². The van der Waals surface area contributed by atoms with Crippen LogP contribution in [0.2, 0.25) is 0 Å². The van der Waals surface area contributed by atoms with E-state index in [9.17, 15) is 9.59 Å². The summed E-state index contributed by atoms with van der Waals surface area (Å²) in [5.41, 5.74) is 7.41. The minimum atomic E-state index is -1.04. The molecule has 2 N–H and O–H groups in total. The number of para-hydroxylation sites is 1. The van der Waals surface area contributed by atoms with Crippen molar-refractivity contribution in [3.05, 3.63) is 54.1 Å². The first-order valence-electron chi connectivity index (χ1n) is 8.57. The van der Waals surface area contributed by atoms with Gasteiger partial charge in [0.25, 0.3) is 5.91 Å². The third-order valence-electron chi connectivity index (χ3n) is 4.30. The van der Waals surface area contributed by atoms with Gasteiger partial charge in [-0.15, -0.1) is 0 Å². The van der Waals surface area contributed by atoms with Crippen molar-refractivity contribution in [1.29, 1.82) is 0 Å². The summed E-state index contributed by atoms with van der Waals surface area (Å²) in [7, 11) is 3.10. The Hall–Kier alpha value is -3.61. The third-order valence-corrected chi connectivity index (χ3v) is 4.30. The van der Waals surface area contributed by atoms with Crippen molar-refractivity contribution in [1.82, 2.24) is 4.98 Å². The van der Waals surface area contributed by atoms with E-state index in [0.717, 1.165) is 5.56 Å². The lowest BCUT2D eigenvalue weighted by atomic mass is 10.0. The number of nitrogens with zero attached hydrogens (tertiary/aromatic N) is 1. The Balaban J connectivity index is 2.13. The summed E-state index contributed by atoms with van der Waals surface area (Å²) in [6.45, 7) is 1.43. The number of amides is 1. The van der Waals surface area contributed by atoms with E-state index in [4.69, 9.17) is 19.9 Å². The van der Waals surface area contributed by atoms with Gasteiger partial charge < -0.3 is 19.9 Å². The Morgan fingerprint density at radius 3 is 2.39 bits per heavy atom. The van der Waals surface area contributed by atoms with E-state index < -0.39 is 18.0 Å². The molecule has 7 heteroatoms. The van der Waals surface area contributed by atoms with Gasteiger partial charge in [0.2, 0.25) is 0 Å². The van der Waals surface area contributed by atoms with Gasteiger partial charge in [0.1, 0.15) is 0 Å². The van der Waals surface area contributed by atoms with Crippen molar-refractivity contribution in [3.8, 4) is 22.8 Å². The Labute approximate surface area is 162 Å². The topological polar surface area (TPSA) is 101 Å². The maximum atomic E-state index is 12.7. The second-order valence-corrected chi connectivity index (χ2v) is 6.09. The predicted octanol–water partition coefficient (Wildman–Crippen LogP) is 2.95. The zero-order valence-electron chi connectivity index (χ0n) is 15.8. The number of hydrogen-bond acceptors (Lipinski definition) is 6. The van der Waals surface area contributed by atoms with Crippen molar-refractivity contribution in [2.75, 3.05) is 14.2 Å². The molecule has 1 heterocycles. The molecule has 0 bridgehead atoms. The van der Waals surface area contributed by atoms with Crippen LogP contribution in [0.15, 0.2) is 48.5 Å². The molecular weight excluding hydrogens is 360 g/mol. The van der Waals surface area contributed by atoms with Crippen molar-refractivity contribution in [3.63, 3.8) is 0 Å². The molecule has 0 fully saturated rings. The summed E-state index contributed by atoms with van der Waals surface area (Å²) in [5.74, 6) is -0.234. The average Bonchev–Trinajstić information content (AvgIpc) is 2.72. The first-order chi connectivity index (χ1) is 13.4. The molecule has 0 spiro atoms. The van der Waals surface area contributed by atoms with Gasteiger partial charge in [-0.1, -0.05) is 18.2 Å². The Kier molecular flexibility index (Phi) is 5.44. The van der Waals surface area contributed by atoms with Crippen LogP contribution in [0.1, 0.15) is 17.3 Å². The fourth-order valence-electron chi connectivity index (χ4n) is 2.77. The number of benzene rings is 2. The van der Waals surface area contributed by atoms with Crippen LogP contribution in [0, 0.1) is 0 Å². The molecular formula is C21H20N2O5. The highest BCUT2D eigenvalue weighted by atomic mass is 16.5. The summed E-state index contributed by atoms with van der Waals surface area (Å²) in [5, 5.41) is 0.619. The number of rotatable bonds is 6. The summed E-state index contributed by atoms with van der Waals surface area (Å²) in [4.78, 5) is 28.6. The zero-order chi connectivity index (χ0) is 20.3. The van der Waals surface area contributed by atoms with E-state index in [1.807, 2.05) is 12.1 Å². The van der Waals surface area contributed by atoms with Gasteiger partial charge in [-0.2, -0.15) is 0 Å². The molecule has 2 aromatic carbocycles. The van der Waals surface area contributed by atoms with E-state index in [0.29, 0.717) is 33.7 Å². The van der Waals surface area contributed by atoms with Gasteiger partial charge in [0, 0.05) is 10.9 Å². The molecule has 0 unspecified atom stereocenters. The van der Waals surface area contributed by atoms with Crippen LogP contribution in [0.25, 0.3) is 22.2 Å². The number of primary amides is 1. The molecule has 0 aliphatic rings. The van der Waals surface area contributed by atoms with E-state index >= 15 is 0 Å². The Morgan fingerprint density at radius 2 is 1.71 bits per heavy atom. The summed E-state index contributed by atoms with van der Waals surface area (Å²) in [6.07, 6.45) is -1.04. The predicted molar refractivity (Wildman–Crippen MR) is 104 cm³/mol. The van der Waals surface area contributed by atoms with Crippen molar-refractivity contribution >= 4 is 22.8 Å². The molecule has 0 radical (unpaired) electrons. The number of methoxy groups -OCH3 is 2. The van der Waals surface area contributed by atoms with Crippen molar-refractivity contribution in [2.45, 2.75) is 13.0 Å². The van der Waals surface area contributed by atoms with E-state index in [1.165, 1.54) is 6.92 Å². The number of nitrogens with two attached hydrogens (primary N) is 1. The van der Waals surface area contributed by atoms with Crippen LogP contribution in [0.5, 0.6) is 11.5 Å². The fraction of sp³-hybridized carbons (Fsp3) is 0.190. The van der Waals surface area contributed by atoms with Crippen LogP contribution in [0.4, 0.5) is 0 Å². The zero-order valence-corrected chi connectivity index (χ0v) is 15.8. The number of carbonyl (C=O) groups excluding carboxylic acids is 2. The molecule has 0 saturated heterocycles. The first kappa shape index (κ1) is 19.2. The number of ether oxygens (including phenoxy) is 3. The fourth-order valence-corrected chi connectivity index (χ4v) is 2.77. The molecule has 1 atom stereocenters. The maximum absolute atomic E-state index is 12.7. The normalized spacial score (nSPS) is 11.7. The van der Waals surface area contributed by atoms with Gasteiger partial charge >= 0.3 is 5.97 Å². The highest BCUT2D eigenvalue weighted by Crippen LogP contribution is 2.33. The number of carbonyl (C=O) groups is 2. The molecule has 3 aromatic rings. The number of pyridine rings is 1. The summed E-state index contributed by atoms with van der Waals surface area (Å²) < 4.78 is 15.8. The smallest absolute Gasteiger partial charge is 0.339 e. The molecule has 1 aromatic heterocycles. The standard InChI is InChI=1S/C21H20N2O5/c1-12(20(22)24)28-21(25)15-11-17(23-16-7-5-4-6-14(15)16)13-8-9-18(26-2)19(10-13)27-3/h4-12H,1-3H3,(H2,22,24)/t12-/m0/s1. The van der Waals surface area contributed by atoms with Gasteiger partial charge in [-0.25, -0.2) is 9.78 Å². The molecule has 0 aliphatic heterocycles. The van der Waals surface area contributed by atoms with E-state index in [2.05, 4.69) is 4.98 Å². The first-order valence-corrected chi connectivity index (χ1v) is 8.57. The Bertz CT molecular complexity index is 1050. The van der Waals surface area contributed by atoms with Crippen LogP contribution < -0.4 is 15.2 Å². The third kappa shape index (κ3) is 3.73. The molecule has 3 rings (SSSR count). The summed E-state index contributed by atoms with van der Waals surface area (Å²) >= 11 is 0. The lowest BCUT2D eigenvalue weighted by Gasteiger charge is -2.13. The molecule has 28 heavy (non-hydrogen) atoms. The van der Waals surface area contributed by atoms with Crippen LogP contribution >= 0.6 is 0 Å². The van der Waals surface area contributed by atoms with Crippen LogP contribution in [-0.2, 0) is 9.53 Å². The number of hydrogen-bond donors (Lipinski definition) is 1. The summed E-state index contributed by atoms with van der Waals surface area (Å²) in [6, 6.07) is 14.2. The molecule has 144 valence electrons. The minimum Gasteiger partial charge on any atom is -0.493 e. The molecule has 0 saturated carbocycles. The Morgan fingerprint density at radius 1 is 1.00 bits per heavy atom. The van der Waals surface area contributed by atoms with Crippen LogP contribution in [-0.4, -0.2) is 37.2 Å². The van der Waals surface area contributed by atoms with E-state index in [1.54, 1.807) is 50.6 Å². The van der Waals surface area contributed by atoms with E-state index in [-0.39, 0.29) is 0 Å². The quantitative estimate of drug-likeness (QED) is 0.660. The number of esters is 1. The highest BCUT2D eigenvalue weighted by molar-refractivity contribution is 6.05. The number of aromatic nitrogens is 1. The second-order valence-electron chi connectivity index (χ2n) is 6.09. The monoisotopic (exact) mass is 380 g/mol. The minimum absolute atomic E-state index is 0.295. The molecule has 1 amide bonds. The highest BCUT2D eigenvalue weighted by Gasteiger charge is 2.20.